The normalized spacial score (nSPS) is 13.0. The molecule has 0 bridgehead atoms. The molecule has 0 saturated carbocycles. The number of hydrogen-bond acceptors (Lipinski definition) is 6. The van der Waals surface area contributed by atoms with Crippen LogP contribution in [0.1, 0.15) is 181 Å². The maximum Gasteiger partial charge on any atom is 0.469 e. The first-order valence-corrected chi connectivity index (χ1v) is 21.5. The minimum absolute atomic E-state index is 0.208. The minimum atomic E-state index is -4.76. The Labute approximate surface area is 305 Å². The van der Waals surface area contributed by atoms with Crippen LogP contribution < -0.4 is 0 Å². The predicted octanol–water partition coefficient (Wildman–Crippen LogP) is 12.0. The predicted molar refractivity (Wildman–Crippen MR) is 207 cm³/mol. The van der Waals surface area contributed by atoms with E-state index >= 15 is 0 Å². The van der Waals surface area contributed by atoms with E-state index in [2.05, 4.69) is 36.6 Å². The summed E-state index contributed by atoms with van der Waals surface area (Å²) in [4.78, 5) is 42.8. The SMILES string of the molecule is CC/C=C/C=C/C=C/C=C/CCCCCCCC(=O)OC[C@H](COP(=O)(O)O)OC(=O)CCCCCCCCCCCCCCCCCCC. The lowest BCUT2D eigenvalue weighted by atomic mass is 10.0. The molecule has 0 aromatic heterocycles. The summed E-state index contributed by atoms with van der Waals surface area (Å²) < 4.78 is 26.3. The molecule has 0 spiro atoms. The van der Waals surface area contributed by atoms with Crippen LogP contribution in [0.5, 0.6) is 0 Å². The van der Waals surface area contributed by atoms with E-state index in [1.807, 2.05) is 30.4 Å². The first-order chi connectivity index (χ1) is 24.3. The van der Waals surface area contributed by atoms with Gasteiger partial charge < -0.3 is 19.3 Å². The quantitative estimate of drug-likeness (QED) is 0.0284. The number of unbranched alkanes of at least 4 members (excludes halogenated alkanes) is 21. The van der Waals surface area contributed by atoms with Crippen molar-refractivity contribution in [2.75, 3.05) is 13.2 Å². The molecule has 0 aliphatic carbocycles. The molecule has 0 fully saturated rings. The Bertz CT molecular complexity index is 952. The maximum atomic E-state index is 12.4. The molecule has 290 valence electrons. The molecular weight excluding hydrogens is 651 g/mol. The highest BCUT2D eigenvalue weighted by Gasteiger charge is 2.22. The van der Waals surface area contributed by atoms with Crippen molar-refractivity contribution in [3.05, 3.63) is 48.6 Å². The third kappa shape index (κ3) is 38.8. The molecule has 0 radical (unpaired) electrons. The largest absolute Gasteiger partial charge is 0.469 e. The van der Waals surface area contributed by atoms with Gasteiger partial charge in [0, 0.05) is 12.8 Å². The second-order valence-corrected chi connectivity index (χ2v) is 14.6. The van der Waals surface area contributed by atoms with Crippen molar-refractivity contribution in [3.63, 3.8) is 0 Å². The highest BCUT2D eigenvalue weighted by atomic mass is 31.2. The molecule has 0 aromatic rings. The van der Waals surface area contributed by atoms with Gasteiger partial charge in [0.05, 0.1) is 6.61 Å². The number of allylic oxidation sites excluding steroid dienone is 8. The van der Waals surface area contributed by atoms with Crippen molar-refractivity contribution < 1.29 is 37.9 Å². The second kappa shape index (κ2) is 36.8. The van der Waals surface area contributed by atoms with E-state index in [1.165, 1.54) is 83.5 Å². The number of hydrogen-bond donors (Lipinski definition) is 2. The van der Waals surface area contributed by atoms with Crippen LogP contribution in [0.25, 0.3) is 0 Å². The molecule has 0 amide bonds. The standard InChI is InChI=1S/C41H73O8P/c1-3-5-7-9-11-13-15-17-19-20-22-24-26-28-30-32-34-36-41(43)49-39(38-48-50(44,45)46)37-47-40(42)35-33-31-29-27-25-23-21-18-16-14-12-10-8-6-4-2/h6,8,10,12,14,16,18,21,39H,3-5,7,9,11,13,15,17,19-20,22-38H2,1-2H3,(H2,44,45,46)/b8-6+,12-10+,16-14+,21-18+/t39-/m1/s1. The molecule has 0 unspecified atom stereocenters. The summed E-state index contributed by atoms with van der Waals surface area (Å²) in [6.07, 6.45) is 44.0. The zero-order valence-corrected chi connectivity index (χ0v) is 32.7. The van der Waals surface area contributed by atoms with E-state index in [-0.39, 0.29) is 19.4 Å². The van der Waals surface area contributed by atoms with Crippen LogP contribution in [0.15, 0.2) is 48.6 Å². The van der Waals surface area contributed by atoms with Crippen LogP contribution in [0.3, 0.4) is 0 Å². The summed E-state index contributed by atoms with van der Waals surface area (Å²) >= 11 is 0. The number of phosphoric ester groups is 1. The number of phosphoric acid groups is 1. The van der Waals surface area contributed by atoms with Crippen LogP contribution in [-0.4, -0.2) is 41.0 Å². The lowest BCUT2D eigenvalue weighted by Crippen LogP contribution is -2.29. The molecule has 0 aromatic carbocycles. The van der Waals surface area contributed by atoms with Gasteiger partial charge in [-0.1, -0.05) is 184 Å². The molecule has 9 heteroatoms. The van der Waals surface area contributed by atoms with Crippen molar-refractivity contribution in [1.29, 1.82) is 0 Å². The molecule has 0 aliphatic rings. The van der Waals surface area contributed by atoms with E-state index in [0.29, 0.717) is 12.8 Å². The van der Waals surface area contributed by atoms with E-state index in [4.69, 9.17) is 19.3 Å². The van der Waals surface area contributed by atoms with Gasteiger partial charge in [0.25, 0.3) is 0 Å². The van der Waals surface area contributed by atoms with Crippen molar-refractivity contribution in [2.45, 2.75) is 187 Å². The molecule has 0 saturated heterocycles. The molecule has 2 N–H and O–H groups in total. The summed E-state index contributed by atoms with van der Waals surface area (Å²) in [5, 5.41) is 0. The van der Waals surface area contributed by atoms with Gasteiger partial charge in [-0.3, -0.25) is 14.1 Å². The topological polar surface area (TPSA) is 119 Å². The van der Waals surface area contributed by atoms with E-state index in [1.54, 1.807) is 0 Å². The Morgan fingerprint density at radius 1 is 0.540 bits per heavy atom. The van der Waals surface area contributed by atoms with Crippen LogP contribution in [-0.2, 0) is 28.2 Å². The van der Waals surface area contributed by atoms with Crippen LogP contribution in [0, 0.1) is 0 Å². The van der Waals surface area contributed by atoms with Gasteiger partial charge in [-0.25, -0.2) is 4.57 Å². The number of carbonyl (C=O) groups excluding carboxylic acids is 2. The Morgan fingerprint density at radius 3 is 1.44 bits per heavy atom. The molecule has 50 heavy (non-hydrogen) atoms. The zero-order chi connectivity index (χ0) is 36.8. The van der Waals surface area contributed by atoms with Crippen molar-refractivity contribution in [3.8, 4) is 0 Å². The summed E-state index contributed by atoms with van der Waals surface area (Å²) in [6.45, 7) is 3.53. The monoisotopic (exact) mass is 725 g/mol. The van der Waals surface area contributed by atoms with Crippen LogP contribution >= 0.6 is 7.82 Å². The van der Waals surface area contributed by atoms with Crippen molar-refractivity contribution in [1.82, 2.24) is 0 Å². The lowest BCUT2D eigenvalue weighted by Gasteiger charge is -2.18. The minimum Gasteiger partial charge on any atom is -0.462 e. The Morgan fingerprint density at radius 2 is 0.960 bits per heavy atom. The van der Waals surface area contributed by atoms with Gasteiger partial charge in [-0.15, -0.1) is 0 Å². The Kier molecular flexibility index (Phi) is 35.3. The molecule has 1 atom stereocenters. The first kappa shape index (κ1) is 48.0. The highest BCUT2D eigenvalue weighted by molar-refractivity contribution is 7.46. The summed E-state index contributed by atoms with van der Waals surface area (Å²) in [6, 6.07) is 0. The average molecular weight is 725 g/mol. The number of carbonyl (C=O) groups is 2. The van der Waals surface area contributed by atoms with Crippen LogP contribution in [0.2, 0.25) is 0 Å². The summed E-state index contributed by atoms with van der Waals surface area (Å²) in [5.41, 5.74) is 0. The molecule has 8 nitrogen and oxygen atoms in total. The van der Waals surface area contributed by atoms with Gasteiger partial charge in [-0.2, -0.15) is 0 Å². The van der Waals surface area contributed by atoms with Gasteiger partial charge in [0.2, 0.25) is 0 Å². The fourth-order valence-electron chi connectivity index (χ4n) is 5.50. The van der Waals surface area contributed by atoms with E-state index in [0.717, 1.165) is 57.8 Å². The molecule has 0 heterocycles. The summed E-state index contributed by atoms with van der Waals surface area (Å²) in [5.74, 6) is -0.909. The number of esters is 2. The molecule has 0 rings (SSSR count). The zero-order valence-electron chi connectivity index (χ0n) is 31.8. The summed E-state index contributed by atoms with van der Waals surface area (Å²) in [7, 11) is -4.76. The third-order valence-corrected chi connectivity index (χ3v) is 8.94. The third-order valence-electron chi connectivity index (χ3n) is 8.46. The smallest absolute Gasteiger partial charge is 0.462 e. The second-order valence-electron chi connectivity index (χ2n) is 13.3. The Hall–Kier alpha value is -1.99. The highest BCUT2D eigenvalue weighted by Crippen LogP contribution is 2.36. The van der Waals surface area contributed by atoms with E-state index < -0.39 is 32.5 Å². The fourth-order valence-corrected chi connectivity index (χ4v) is 5.86. The number of ether oxygens (including phenoxy) is 2. The average Bonchev–Trinajstić information content (AvgIpc) is 3.08. The maximum absolute atomic E-state index is 12.4. The van der Waals surface area contributed by atoms with Crippen LogP contribution in [0.4, 0.5) is 0 Å². The molecular formula is C41H73O8P. The van der Waals surface area contributed by atoms with Gasteiger partial charge >= 0.3 is 19.8 Å². The van der Waals surface area contributed by atoms with Crippen molar-refractivity contribution >= 4 is 19.8 Å². The fraction of sp³-hybridized carbons (Fsp3) is 0.756. The molecule has 0 aliphatic heterocycles. The van der Waals surface area contributed by atoms with Gasteiger partial charge in [0.15, 0.2) is 6.10 Å². The number of rotatable bonds is 36. The van der Waals surface area contributed by atoms with Gasteiger partial charge in [-0.05, 0) is 32.1 Å². The first-order valence-electron chi connectivity index (χ1n) is 20.0. The lowest BCUT2D eigenvalue weighted by molar-refractivity contribution is -0.161. The van der Waals surface area contributed by atoms with Gasteiger partial charge in [0.1, 0.15) is 6.61 Å². The Balaban J connectivity index is 3.96. The van der Waals surface area contributed by atoms with Crippen molar-refractivity contribution in [2.24, 2.45) is 0 Å². The van der Waals surface area contributed by atoms with E-state index in [9.17, 15) is 14.2 Å².